The molecule has 0 atom stereocenters. The molecular formula is C16H27N3O2. The van der Waals surface area contributed by atoms with Crippen LogP contribution in [0.2, 0.25) is 0 Å². The first-order valence-corrected chi connectivity index (χ1v) is 7.97. The second-order valence-electron chi connectivity index (χ2n) is 6.64. The monoisotopic (exact) mass is 293 g/mol. The van der Waals surface area contributed by atoms with Crippen molar-refractivity contribution < 1.29 is 9.47 Å². The van der Waals surface area contributed by atoms with Gasteiger partial charge in [-0.1, -0.05) is 0 Å². The Hall–Kier alpha value is -1.07. The van der Waals surface area contributed by atoms with Gasteiger partial charge in [0.05, 0.1) is 24.5 Å². The van der Waals surface area contributed by atoms with Gasteiger partial charge in [-0.05, 0) is 45.1 Å². The highest BCUT2D eigenvalue weighted by atomic mass is 16.5. The molecule has 1 saturated heterocycles. The molecule has 0 radical (unpaired) electrons. The van der Waals surface area contributed by atoms with Crippen LogP contribution in [0.25, 0.3) is 0 Å². The first-order chi connectivity index (χ1) is 10.1. The van der Waals surface area contributed by atoms with Gasteiger partial charge in [-0.15, -0.1) is 0 Å². The molecule has 118 valence electrons. The van der Waals surface area contributed by atoms with Crippen LogP contribution in [-0.4, -0.2) is 47.6 Å². The zero-order chi connectivity index (χ0) is 15.0. The lowest BCUT2D eigenvalue weighted by Gasteiger charge is -2.44. The van der Waals surface area contributed by atoms with Gasteiger partial charge in [-0.3, -0.25) is 4.90 Å². The summed E-state index contributed by atoms with van der Waals surface area (Å²) in [5, 5.41) is 4.48. The highest BCUT2D eigenvalue weighted by Crippen LogP contribution is 2.49. The Labute approximate surface area is 127 Å². The topological polar surface area (TPSA) is 39.5 Å². The Morgan fingerprint density at radius 2 is 2.14 bits per heavy atom. The summed E-state index contributed by atoms with van der Waals surface area (Å²) in [6, 6.07) is 0. The standard InChI is InChI=1S/C16H27N3O2/c1-5-21-13-8-16(9-13)6-7-19(11-16)10-14-12(2)17-18(3)15(14)20-4/h13H,5-11H2,1-4H3. The van der Waals surface area contributed by atoms with E-state index in [2.05, 4.69) is 23.8 Å². The summed E-state index contributed by atoms with van der Waals surface area (Å²) in [4.78, 5) is 2.55. The van der Waals surface area contributed by atoms with Gasteiger partial charge in [0.2, 0.25) is 5.88 Å². The molecule has 0 amide bonds. The van der Waals surface area contributed by atoms with Crippen LogP contribution in [0, 0.1) is 12.3 Å². The number of rotatable bonds is 5. The van der Waals surface area contributed by atoms with E-state index in [1.54, 1.807) is 7.11 Å². The zero-order valence-corrected chi connectivity index (χ0v) is 13.7. The van der Waals surface area contributed by atoms with Crippen molar-refractivity contribution in [1.29, 1.82) is 0 Å². The van der Waals surface area contributed by atoms with E-state index in [-0.39, 0.29) is 0 Å². The minimum atomic E-state index is 0.504. The SMILES string of the molecule is CCOC1CC2(CCN(Cc3c(C)nn(C)c3OC)C2)C1. The highest BCUT2D eigenvalue weighted by Gasteiger charge is 2.48. The van der Waals surface area contributed by atoms with Gasteiger partial charge in [0.15, 0.2) is 0 Å². The Balaban J connectivity index is 1.61. The molecule has 1 aliphatic heterocycles. The average molecular weight is 293 g/mol. The van der Waals surface area contributed by atoms with Gasteiger partial charge in [-0.2, -0.15) is 5.10 Å². The third kappa shape index (κ3) is 2.69. The molecule has 5 heteroatoms. The van der Waals surface area contributed by atoms with Gasteiger partial charge in [0, 0.05) is 26.7 Å². The number of aromatic nitrogens is 2. The molecule has 5 nitrogen and oxygen atoms in total. The number of hydrogen-bond acceptors (Lipinski definition) is 4. The van der Waals surface area contributed by atoms with E-state index in [1.165, 1.54) is 37.9 Å². The molecule has 0 aromatic carbocycles. The third-order valence-electron chi connectivity index (χ3n) is 5.10. The second-order valence-corrected chi connectivity index (χ2v) is 6.64. The summed E-state index contributed by atoms with van der Waals surface area (Å²) < 4.78 is 13.1. The Kier molecular flexibility index (Phi) is 3.97. The van der Waals surface area contributed by atoms with Crippen LogP contribution in [0.3, 0.4) is 0 Å². The van der Waals surface area contributed by atoms with Gasteiger partial charge in [0.1, 0.15) is 0 Å². The van der Waals surface area contributed by atoms with E-state index in [0.717, 1.165) is 24.7 Å². The molecule has 3 rings (SSSR count). The van der Waals surface area contributed by atoms with Gasteiger partial charge in [0.25, 0.3) is 0 Å². The molecule has 21 heavy (non-hydrogen) atoms. The van der Waals surface area contributed by atoms with Crippen molar-refractivity contribution >= 4 is 0 Å². The van der Waals surface area contributed by atoms with Crippen molar-refractivity contribution in [3.8, 4) is 5.88 Å². The lowest BCUT2D eigenvalue weighted by Crippen LogP contribution is -2.44. The maximum absolute atomic E-state index is 5.73. The molecule has 2 heterocycles. The maximum Gasteiger partial charge on any atom is 0.216 e. The van der Waals surface area contributed by atoms with Crippen molar-refractivity contribution in [3.05, 3.63) is 11.3 Å². The minimum absolute atomic E-state index is 0.504. The lowest BCUT2D eigenvalue weighted by molar-refractivity contribution is -0.0718. The molecule has 0 bridgehead atoms. The van der Waals surface area contributed by atoms with Crippen molar-refractivity contribution in [2.24, 2.45) is 12.5 Å². The number of aryl methyl sites for hydroxylation is 2. The molecule has 2 aliphatic rings. The third-order valence-corrected chi connectivity index (χ3v) is 5.10. The van der Waals surface area contributed by atoms with Gasteiger partial charge in [-0.25, -0.2) is 4.68 Å². The van der Waals surface area contributed by atoms with E-state index in [1.807, 2.05) is 11.7 Å². The van der Waals surface area contributed by atoms with Crippen LogP contribution < -0.4 is 4.74 Å². The lowest BCUT2D eigenvalue weighted by atomic mass is 9.66. The molecule has 0 unspecified atom stereocenters. The summed E-state index contributed by atoms with van der Waals surface area (Å²) in [6.45, 7) is 8.31. The van der Waals surface area contributed by atoms with Crippen LogP contribution in [0.1, 0.15) is 37.4 Å². The number of methoxy groups -OCH3 is 1. The summed E-state index contributed by atoms with van der Waals surface area (Å²) in [5.74, 6) is 0.897. The summed E-state index contributed by atoms with van der Waals surface area (Å²) in [5.41, 5.74) is 2.83. The van der Waals surface area contributed by atoms with E-state index in [0.29, 0.717) is 11.5 Å². The van der Waals surface area contributed by atoms with Crippen LogP contribution in [0.15, 0.2) is 0 Å². The molecule has 1 spiro atoms. The van der Waals surface area contributed by atoms with Crippen molar-refractivity contribution in [3.63, 3.8) is 0 Å². The first kappa shape index (κ1) is 14.9. The number of ether oxygens (including phenoxy) is 2. The second kappa shape index (κ2) is 5.61. The smallest absolute Gasteiger partial charge is 0.216 e. The van der Waals surface area contributed by atoms with Crippen LogP contribution >= 0.6 is 0 Å². The summed E-state index contributed by atoms with van der Waals surface area (Å²) >= 11 is 0. The van der Waals surface area contributed by atoms with Gasteiger partial charge < -0.3 is 9.47 Å². The van der Waals surface area contributed by atoms with Crippen molar-refractivity contribution in [2.45, 2.75) is 45.8 Å². The van der Waals surface area contributed by atoms with E-state index >= 15 is 0 Å². The van der Waals surface area contributed by atoms with Crippen LogP contribution in [-0.2, 0) is 18.3 Å². The van der Waals surface area contributed by atoms with Crippen molar-refractivity contribution in [1.82, 2.24) is 14.7 Å². The molecule has 1 aromatic rings. The predicted octanol–water partition coefficient (Wildman–Crippen LogP) is 2.13. The fourth-order valence-corrected chi connectivity index (χ4v) is 4.10. The van der Waals surface area contributed by atoms with Crippen LogP contribution in [0.4, 0.5) is 0 Å². The molecule has 1 aromatic heterocycles. The van der Waals surface area contributed by atoms with Gasteiger partial charge >= 0.3 is 0 Å². The molecule has 1 aliphatic carbocycles. The largest absolute Gasteiger partial charge is 0.481 e. The van der Waals surface area contributed by atoms with E-state index in [4.69, 9.17) is 9.47 Å². The minimum Gasteiger partial charge on any atom is -0.481 e. The maximum atomic E-state index is 5.73. The highest BCUT2D eigenvalue weighted by molar-refractivity contribution is 5.31. The average Bonchev–Trinajstić information content (AvgIpc) is 2.93. The Morgan fingerprint density at radius 1 is 1.38 bits per heavy atom. The van der Waals surface area contributed by atoms with Crippen molar-refractivity contribution in [2.75, 3.05) is 26.8 Å². The Morgan fingerprint density at radius 3 is 2.81 bits per heavy atom. The predicted molar refractivity (Wildman–Crippen MR) is 81.5 cm³/mol. The fraction of sp³-hybridized carbons (Fsp3) is 0.812. The first-order valence-electron chi connectivity index (χ1n) is 7.97. The number of hydrogen-bond donors (Lipinski definition) is 0. The zero-order valence-electron chi connectivity index (χ0n) is 13.7. The number of likely N-dealkylation sites (tertiary alicyclic amines) is 1. The quantitative estimate of drug-likeness (QED) is 0.834. The molecule has 2 fully saturated rings. The summed E-state index contributed by atoms with van der Waals surface area (Å²) in [6.07, 6.45) is 4.28. The molecular weight excluding hydrogens is 266 g/mol. The number of nitrogens with zero attached hydrogens (tertiary/aromatic N) is 3. The molecule has 0 N–H and O–H groups in total. The van der Waals surface area contributed by atoms with E-state index < -0.39 is 0 Å². The van der Waals surface area contributed by atoms with E-state index in [9.17, 15) is 0 Å². The fourth-order valence-electron chi connectivity index (χ4n) is 4.10. The van der Waals surface area contributed by atoms with Crippen LogP contribution in [0.5, 0.6) is 5.88 Å². The summed E-state index contributed by atoms with van der Waals surface area (Å²) in [7, 11) is 3.67. The Bertz CT molecular complexity index is 506. The normalized spacial score (nSPS) is 29.0. The molecule has 1 saturated carbocycles.